The minimum absolute atomic E-state index is 0.0491. The zero-order chi connectivity index (χ0) is 24.9. The van der Waals surface area contributed by atoms with Crippen LogP contribution in [0.5, 0.6) is 0 Å². The lowest BCUT2D eigenvalue weighted by atomic mass is 10.0. The molecule has 35 heavy (non-hydrogen) atoms. The molecule has 1 aliphatic heterocycles. The van der Waals surface area contributed by atoms with Crippen molar-refractivity contribution in [2.45, 2.75) is 70.9 Å². The van der Waals surface area contributed by atoms with E-state index in [-0.39, 0.29) is 30.9 Å². The molecule has 2 aliphatic rings. The Morgan fingerprint density at radius 2 is 1.66 bits per heavy atom. The molecule has 1 heterocycles. The van der Waals surface area contributed by atoms with Crippen LogP contribution in [0.2, 0.25) is 0 Å². The van der Waals surface area contributed by atoms with Gasteiger partial charge in [-0.05, 0) is 63.1 Å². The third kappa shape index (κ3) is 5.29. The predicted molar refractivity (Wildman–Crippen MR) is 132 cm³/mol. The maximum absolute atomic E-state index is 13.8. The van der Waals surface area contributed by atoms with Crippen LogP contribution < -0.4 is 4.90 Å². The number of esters is 1. The van der Waals surface area contributed by atoms with Gasteiger partial charge in [0.05, 0.1) is 24.3 Å². The average Bonchev–Trinajstić information content (AvgIpc) is 3.01. The molecule has 1 saturated carbocycles. The van der Waals surface area contributed by atoms with E-state index < -0.39 is 17.9 Å². The SMILES string of the molecule is CCOC(=O)c1ccc(N2C(=O)CC(N(C(=O)c3cccc(C)c3)C3CCCCCC3)C2=O)cc1. The van der Waals surface area contributed by atoms with Gasteiger partial charge in [0.1, 0.15) is 6.04 Å². The lowest BCUT2D eigenvalue weighted by Gasteiger charge is -2.35. The van der Waals surface area contributed by atoms with Gasteiger partial charge in [-0.3, -0.25) is 14.4 Å². The van der Waals surface area contributed by atoms with Gasteiger partial charge in [0.2, 0.25) is 5.91 Å². The molecule has 1 unspecified atom stereocenters. The molecule has 0 radical (unpaired) electrons. The number of rotatable bonds is 6. The van der Waals surface area contributed by atoms with E-state index in [1.165, 1.54) is 0 Å². The third-order valence-corrected chi connectivity index (χ3v) is 6.81. The van der Waals surface area contributed by atoms with Crippen molar-refractivity contribution in [3.05, 3.63) is 65.2 Å². The Morgan fingerprint density at radius 3 is 2.29 bits per heavy atom. The van der Waals surface area contributed by atoms with Gasteiger partial charge in [0.25, 0.3) is 11.8 Å². The van der Waals surface area contributed by atoms with Gasteiger partial charge in [-0.2, -0.15) is 0 Å². The van der Waals surface area contributed by atoms with Gasteiger partial charge in [-0.1, -0.05) is 43.4 Å². The van der Waals surface area contributed by atoms with E-state index >= 15 is 0 Å². The molecular formula is C28H32N2O5. The zero-order valence-corrected chi connectivity index (χ0v) is 20.4. The summed E-state index contributed by atoms with van der Waals surface area (Å²) in [4.78, 5) is 55.3. The molecule has 2 fully saturated rings. The quantitative estimate of drug-likeness (QED) is 0.344. The van der Waals surface area contributed by atoms with Crippen LogP contribution in [0.25, 0.3) is 0 Å². The van der Waals surface area contributed by atoms with E-state index in [1.807, 2.05) is 25.1 Å². The average molecular weight is 477 g/mol. The number of imide groups is 1. The number of amides is 3. The minimum Gasteiger partial charge on any atom is -0.462 e. The molecule has 1 aliphatic carbocycles. The molecule has 0 spiro atoms. The van der Waals surface area contributed by atoms with Gasteiger partial charge in [0.15, 0.2) is 0 Å². The molecule has 4 rings (SSSR count). The summed E-state index contributed by atoms with van der Waals surface area (Å²) >= 11 is 0. The minimum atomic E-state index is -0.844. The van der Waals surface area contributed by atoms with Crippen LogP contribution in [0.4, 0.5) is 5.69 Å². The van der Waals surface area contributed by atoms with Crippen molar-refractivity contribution in [3.63, 3.8) is 0 Å². The van der Waals surface area contributed by atoms with Crippen LogP contribution in [-0.4, -0.2) is 47.3 Å². The largest absolute Gasteiger partial charge is 0.462 e. The van der Waals surface area contributed by atoms with Crippen LogP contribution in [-0.2, 0) is 14.3 Å². The number of nitrogens with zero attached hydrogens (tertiary/aromatic N) is 2. The van der Waals surface area contributed by atoms with Crippen molar-refractivity contribution >= 4 is 29.4 Å². The summed E-state index contributed by atoms with van der Waals surface area (Å²) in [6, 6.07) is 12.7. The summed E-state index contributed by atoms with van der Waals surface area (Å²) < 4.78 is 5.01. The number of ether oxygens (including phenoxy) is 1. The standard InChI is InChI=1S/C28H32N2O5/c1-3-35-28(34)20-13-15-23(16-14-20)30-25(31)18-24(27(30)33)29(22-11-6-4-5-7-12-22)26(32)21-10-8-9-19(2)17-21/h8-10,13-17,22,24H,3-7,11-12,18H2,1-2H3. The van der Waals surface area contributed by atoms with Crippen LogP contribution in [0.1, 0.15) is 78.1 Å². The molecule has 2 aromatic rings. The maximum atomic E-state index is 13.8. The van der Waals surface area contributed by atoms with Gasteiger partial charge < -0.3 is 9.64 Å². The highest BCUT2D eigenvalue weighted by Crippen LogP contribution is 2.32. The molecule has 0 aromatic heterocycles. The first kappa shape index (κ1) is 24.6. The van der Waals surface area contributed by atoms with Crippen LogP contribution in [0.3, 0.4) is 0 Å². The van der Waals surface area contributed by atoms with Gasteiger partial charge in [-0.25, -0.2) is 9.69 Å². The van der Waals surface area contributed by atoms with E-state index in [0.717, 1.165) is 49.0 Å². The fourth-order valence-corrected chi connectivity index (χ4v) is 5.09. The third-order valence-electron chi connectivity index (χ3n) is 6.81. The van der Waals surface area contributed by atoms with Gasteiger partial charge in [0, 0.05) is 11.6 Å². The molecule has 3 amide bonds. The van der Waals surface area contributed by atoms with Gasteiger partial charge in [-0.15, -0.1) is 0 Å². The first-order chi connectivity index (χ1) is 16.9. The van der Waals surface area contributed by atoms with E-state index in [4.69, 9.17) is 4.74 Å². The second kappa shape index (κ2) is 10.8. The highest BCUT2D eigenvalue weighted by atomic mass is 16.5. The number of carbonyl (C=O) groups excluding carboxylic acids is 4. The highest BCUT2D eigenvalue weighted by Gasteiger charge is 2.46. The molecule has 1 atom stereocenters. The molecular weight excluding hydrogens is 444 g/mol. The van der Waals surface area contributed by atoms with Crippen molar-refractivity contribution in [1.29, 1.82) is 0 Å². The maximum Gasteiger partial charge on any atom is 0.338 e. The Bertz CT molecular complexity index is 1100. The van der Waals surface area contributed by atoms with Gasteiger partial charge >= 0.3 is 5.97 Å². The number of hydrogen-bond donors (Lipinski definition) is 0. The van der Waals surface area contributed by atoms with Crippen LogP contribution in [0, 0.1) is 6.92 Å². The predicted octanol–water partition coefficient (Wildman–Crippen LogP) is 4.67. The molecule has 1 saturated heterocycles. The smallest absolute Gasteiger partial charge is 0.338 e. The molecule has 7 nitrogen and oxygen atoms in total. The highest BCUT2D eigenvalue weighted by molar-refractivity contribution is 6.23. The molecule has 7 heteroatoms. The van der Waals surface area contributed by atoms with E-state index in [9.17, 15) is 19.2 Å². The van der Waals surface area contributed by atoms with Crippen LogP contribution >= 0.6 is 0 Å². The zero-order valence-electron chi connectivity index (χ0n) is 20.4. The summed E-state index contributed by atoms with van der Waals surface area (Å²) in [6.07, 6.45) is 5.81. The first-order valence-corrected chi connectivity index (χ1v) is 12.4. The monoisotopic (exact) mass is 476 g/mol. The molecule has 0 N–H and O–H groups in total. The normalized spacial score (nSPS) is 18.9. The molecule has 2 aromatic carbocycles. The summed E-state index contributed by atoms with van der Waals surface area (Å²) in [6.45, 7) is 3.92. The fraction of sp³-hybridized carbons (Fsp3) is 0.429. The van der Waals surface area contributed by atoms with Crippen molar-refractivity contribution in [2.75, 3.05) is 11.5 Å². The number of aryl methyl sites for hydroxylation is 1. The van der Waals surface area contributed by atoms with Crippen molar-refractivity contribution < 1.29 is 23.9 Å². The second-order valence-corrected chi connectivity index (χ2v) is 9.28. The van der Waals surface area contributed by atoms with Crippen molar-refractivity contribution in [3.8, 4) is 0 Å². The number of anilines is 1. The summed E-state index contributed by atoms with van der Waals surface area (Å²) in [7, 11) is 0. The van der Waals surface area contributed by atoms with E-state index in [0.29, 0.717) is 16.8 Å². The Balaban J connectivity index is 1.64. The van der Waals surface area contributed by atoms with Crippen LogP contribution in [0.15, 0.2) is 48.5 Å². The number of hydrogen-bond acceptors (Lipinski definition) is 5. The Hall–Kier alpha value is -3.48. The van der Waals surface area contributed by atoms with E-state index in [1.54, 1.807) is 42.2 Å². The molecule has 0 bridgehead atoms. The fourth-order valence-electron chi connectivity index (χ4n) is 5.09. The van der Waals surface area contributed by atoms with Crippen molar-refractivity contribution in [2.24, 2.45) is 0 Å². The Morgan fingerprint density at radius 1 is 0.971 bits per heavy atom. The lowest BCUT2D eigenvalue weighted by Crippen LogP contribution is -2.50. The van der Waals surface area contributed by atoms with E-state index in [2.05, 4.69) is 0 Å². The first-order valence-electron chi connectivity index (χ1n) is 12.4. The lowest BCUT2D eigenvalue weighted by molar-refractivity contribution is -0.123. The van der Waals surface area contributed by atoms with Crippen molar-refractivity contribution in [1.82, 2.24) is 4.90 Å². The summed E-state index contributed by atoms with van der Waals surface area (Å²) in [5, 5.41) is 0. The number of benzene rings is 2. The Labute approximate surface area is 206 Å². The topological polar surface area (TPSA) is 84.0 Å². The Kier molecular flexibility index (Phi) is 7.63. The molecule has 184 valence electrons. The number of carbonyl (C=O) groups is 4. The summed E-state index contributed by atoms with van der Waals surface area (Å²) in [5.41, 5.74) is 2.24. The summed E-state index contributed by atoms with van der Waals surface area (Å²) in [5.74, 6) is -1.41. The second-order valence-electron chi connectivity index (χ2n) is 9.28.